The number of halogens is 1. The normalized spacial score (nSPS) is 14.2. The standard InChI is InChI=1S/C26H28FN3O3S/c1-20-7-6-10-25(21(20)2)30(34(32,33)24-8-4-3-5-9-24)19-26(31)29-17-15-28(16-18-29)23-13-11-22(27)12-14-23/h3-14H,15-19H2,1-2H3. The van der Waals surface area contributed by atoms with Crippen molar-refractivity contribution in [3.8, 4) is 0 Å². The van der Waals surface area contributed by atoms with E-state index in [0.29, 0.717) is 31.9 Å². The lowest BCUT2D eigenvalue weighted by Crippen LogP contribution is -2.52. The molecule has 34 heavy (non-hydrogen) atoms. The Morgan fingerprint density at radius 1 is 0.882 bits per heavy atom. The van der Waals surface area contributed by atoms with Gasteiger partial charge in [0.1, 0.15) is 12.4 Å². The SMILES string of the molecule is Cc1cccc(N(CC(=O)N2CCN(c3ccc(F)cc3)CC2)S(=O)(=O)c2ccccc2)c1C. The van der Waals surface area contributed by atoms with Gasteiger partial charge in [-0.1, -0.05) is 30.3 Å². The van der Waals surface area contributed by atoms with E-state index in [1.54, 1.807) is 59.5 Å². The van der Waals surface area contributed by atoms with Crippen molar-refractivity contribution in [3.63, 3.8) is 0 Å². The lowest BCUT2D eigenvalue weighted by Gasteiger charge is -2.37. The van der Waals surface area contributed by atoms with Crippen LogP contribution in [0.2, 0.25) is 0 Å². The molecule has 8 heteroatoms. The van der Waals surface area contributed by atoms with Gasteiger partial charge in [0.25, 0.3) is 10.0 Å². The van der Waals surface area contributed by atoms with Gasteiger partial charge in [0, 0.05) is 31.9 Å². The largest absolute Gasteiger partial charge is 0.368 e. The number of carbonyl (C=O) groups is 1. The number of piperazine rings is 1. The van der Waals surface area contributed by atoms with Gasteiger partial charge in [-0.2, -0.15) is 0 Å². The number of nitrogens with zero attached hydrogens (tertiary/aromatic N) is 3. The first-order chi connectivity index (χ1) is 16.3. The fourth-order valence-corrected chi connectivity index (χ4v) is 5.61. The van der Waals surface area contributed by atoms with Crippen LogP contribution in [0.5, 0.6) is 0 Å². The molecular weight excluding hydrogens is 453 g/mol. The van der Waals surface area contributed by atoms with Crippen molar-refractivity contribution in [3.05, 3.63) is 89.7 Å². The molecule has 178 valence electrons. The van der Waals surface area contributed by atoms with E-state index in [-0.39, 0.29) is 23.2 Å². The molecule has 1 aliphatic heterocycles. The Morgan fingerprint density at radius 2 is 1.53 bits per heavy atom. The van der Waals surface area contributed by atoms with Crippen LogP contribution in [0.4, 0.5) is 15.8 Å². The molecule has 0 atom stereocenters. The molecule has 3 aromatic carbocycles. The Kier molecular flexibility index (Phi) is 6.88. The Bertz CT molecular complexity index is 1260. The van der Waals surface area contributed by atoms with Crippen molar-refractivity contribution < 1.29 is 17.6 Å². The summed E-state index contributed by atoms with van der Waals surface area (Å²) in [5, 5.41) is 0. The van der Waals surface area contributed by atoms with Crippen LogP contribution in [0.15, 0.2) is 77.7 Å². The third-order valence-corrected chi connectivity index (χ3v) is 8.05. The van der Waals surface area contributed by atoms with Crippen molar-refractivity contribution in [2.24, 2.45) is 0 Å². The van der Waals surface area contributed by atoms with Crippen molar-refractivity contribution in [2.45, 2.75) is 18.7 Å². The number of hydrogen-bond acceptors (Lipinski definition) is 4. The van der Waals surface area contributed by atoms with E-state index < -0.39 is 10.0 Å². The Balaban J connectivity index is 1.55. The summed E-state index contributed by atoms with van der Waals surface area (Å²) in [4.78, 5) is 17.2. The number of hydrogen-bond donors (Lipinski definition) is 0. The molecule has 0 N–H and O–H groups in total. The Morgan fingerprint density at radius 3 is 2.18 bits per heavy atom. The highest BCUT2D eigenvalue weighted by Gasteiger charge is 2.31. The zero-order valence-corrected chi connectivity index (χ0v) is 20.1. The third-order valence-electron chi connectivity index (χ3n) is 6.28. The van der Waals surface area contributed by atoms with Crippen LogP contribution in [0.1, 0.15) is 11.1 Å². The predicted octanol–water partition coefficient (Wildman–Crippen LogP) is 3.99. The monoisotopic (exact) mass is 481 g/mol. The molecule has 0 spiro atoms. The molecule has 0 unspecified atom stereocenters. The maximum Gasteiger partial charge on any atom is 0.264 e. The molecule has 0 aliphatic carbocycles. The molecule has 0 saturated carbocycles. The van der Waals surface area contributed by atoms with Crippen molar-refractivity contribution in [2.75, 3.05) is 41.9 Å². The summed E-state index contributed by atoms with van der Waals surface area (Å²) in [5.74, 6) is -0.539. The van der Waals surface area contributed by atoms with Gasteiger partial charge in [-0.05, 0) is 67.4 Å². The quantitative estimate of drug-likeness (QED) is 0.534. The molecule has 1 fully saturated rings. The third kappa shape index (κ3) is 4.92. The minimum atomic E-state index is -3.95. The summed E-state index contributed by atoms with van der Waals surface area (Å²) in [7, 11) is -3.95. The molecule has 0 radical (unpaired) electrons. The zero-order chi connectivity index (χ0) is 24.3. The van der Waals surface area contributed by atoms with Crippen LogP contribution in [-0.2, 0) is 14.8 Å². The second kappa shape index (κ2) is 9.85. The average Bonchev–Trinajstić information content (AvgIpc) is 2.85. The van der Waals surface area contributed by atoms with E-state index in [4.69, 9.17) is 0 Å². The van der Waals surface area contributed by atoms with Crippen molar-refractivity contribution >= 4 is 27.3 Å². The van der Waals surface area contributed by atoms with E-state index in [1.807, 2.05) is 19.9 Å². The highest BCUT2D eigenvalue weighted by molar-refractivity contribution is 7.92. The summed E-state index contributed by atoms with van der Waals surface area (Å²) < 4.78 is 41.6. The number of aryl methyl sites for hydroxylation is 1. The minimum Gasteiger partial charge on any atom is -0.368 e. The van der Waals surface area contributed by atoms with Gasteiger partial charge in [-0.15, -0.1) is 0 Å². The summed E-state index contributed by atoms with van der Waals surface area (Å²) in [6, 6.07) is 19.9. The molecule has 1 saturated heterocycles. The van der Waals surface area contributed by atoms with Crippen LogP contribution in [-0.4, -0.2) is 51.9 Å². The molecule has 6 nitrogen and oxygen atoms in total. The van der Waals surface area contributed by atoms with Crippen molar-refractivity contribution in [1.82, 2.24) is 4.90 Å². The molecule has 0 aromatic heterocycles. The summed E-state index contributed by atoms with van der Waals surface area (Å²) in [6.07, 6.45) is 0. The van der Waals surface area contributed by atoms with Gasteiger partial charge in [0.15, 0.2) is 0 Å². The maximum absolute atomic E-state index is 13.6. The maximum atomic E-state index is 13.6. The molecule has 4 rings (SSSR count). The Hall–Kier alpha value is -3.39. The van der Waals surface area contributed by atoms with Gasteiger partial charge in [-0.25, -0.2) is 12.8 Å². The first-order valence-electron chi connectivity index (χ1n) is 11.2. The molecule has 0 bridgehead atoms. The molecule has 1 amide bonds. The van der Waals surface area contributed by atoms with Gasteiger partial charge >= 0.3 is 0 Å². The smallest absolute Gasteiger partial charge is 0.264 e. The number of rotatable bonds is 6. The van der Waals surface area contributed by atoms with E-state index in [2.05, 4.69) is 4.90 Å². The number of sulfonamides is 1. The summed E-state index contributed by atoms with van der Waals surface area (Å²) in [5.41, 5.74) is 3.17. The zero-order valence-electron chi connectivity index (χ0n) is 19.3. The highest BCUT2D eigenvalue weighted by Crippen LogP contribution is 2.29. The highest BCUT2D eigenvalue weighted by atomic mass is 32.2. The lowest BCUT2D eigenvalue weighted by molar-refractivity contribution is -0.129. The molecular formula is C26H28FN3O3S. The topological polar surface area (TPSA) is 60.9 Å². The first kappa shape index (κ1) is 23.8. The van der Waals surface area contributed by atoms with E-state index >= 15 is 0 Å². The first-order valence-corrected chi connectivity index (χ1v) is 12.6. The van der Waals surface area contributed by atoms with Crippen LogP contribution in [0.25, 0.3) is 0 Å². The van der Waals surface area contributed by atoms with Crippen LogP contribution in [0, 0.1) is 19.7 Å². The van der Waals surface area contributed by atoms with Crippen LogP contribution in [0.3, 0.4) is 0 Å². The van der Waals surface area contributed by atoms with E-state index in [1.165, 1.54) is 16.4 Å². The second-order valence-corrected chi connectivity index (χ2v) is 10.3. The summed E-state index contributed by atoms with van der Waals surface area (Å²) >= 11 is 0. The molecule has 3 aromatic rings. The van der Waals surface area contributed by atoms with Crippen LogP contribution >= 0.6 is 0 Å². The van der Waals surface area contributed by atoms with Gasteiger partial charge in [0.2, 0.25) is 5.91 Å². The number of carbonyl (C=O) groups excluding carboxylic acids is 1. The molecule has 1 aliphatic rings. The fraction of sp³-hybridized carbons (Fsp3) is 0.269. The second-order valence-electron chi connectivity index (χ2n) is 8.39. The minimum absolute atomic E-state index is 0.143. The fourth-order valence-electron chi connectivity index (χ4n) is 4.11. The van der Waals surface area contributed by atoms with Gasteiger partial charge < -0.3 is 9.80 Å². The lowest BCUT2D eigenvalue weighted by atomic mass is 10.1. The van der Waals surface area contributed by atoms with E-state index in [0.717, 1.165) is 16.8 Å². The number of anilines is 2. The average molecular weight is 482 g/mol. The van der Waals surface area contributed by atoms with E-state index in [9.17, 15) is 17.6 Å². The van der Waals surface area contributed by atoms with Crippen molar-refractivity contribution in [1.29, 1.82) is 0 Å². The number of amides is 1. The number of benzene rings is 3. The molecule has 1 heterocycles. The van der Waals surface area contributed by atoms with Gasteiger partial charge in [-0.3, -0.25) is 9.10 Å². The summed E-state index contributed by atoms with van der Waals surface area (Å²) in [6.45, 7) is 5.61. The van der Waals surface area contributed by atoms with Crippen LogP contribution < -0.4 is 9.21 Å². The Labute approximate surface area is 200 Å². The predicted molar refractivity (Wildman–Crippen MR) is 132 cm³/mol. The van der Waals surface area contributed by atoms with Gasteiger partial charge in [0.05, 0.1) is 10.6 Å².